The molecular formula is C9H32N2Nd2-2. The van der Waals surface area contributed by atoms with E-state index in [0.717, 1.165) is 0 Å². The van der Waals surface area contributed by atoms with Crippen molar-refractivity contribution in [2.24, 2.45) is 0 Å². The van der Waals surface area contributed by atoms with Gasteiger partial charge in [-0.1, -0.05) is 22.3 Å². The first-order valence-electron chi connectivity index (χ1n) is 2.00. The molecule has 0 aliphatic heterocycles. The van der Waals surface area contributed by atoms with E-state index in [1.807, 2.05) is 28.2 Å². The Morgan fingerprint density at radius 1 is 0.538 bits per heavy atom. The van der Waals surface area contributed by atoms with Crippen molar-refractivity contribution in [1.29, 1.82) is 0 Å². The van der Waals surface area contributed by atoms with Crippen LogP contribution < -0.4 is 10.6 Å². The van der Waals surface area contributed by atoms with E-state index >= 15 is 0 Å². The maximum Gasteiger partial charge on any atom is 0 e. The average molecular weight is 457 g/mol. The topological polar surface area (TPSA) is 24.1 Å². The molecule has 0 unspecified atom stereocenters. The molecule has 0 fully saturated rings. The van der Waals surface area contributed by atoms with Crippen molar-refractivity contribution in [2.45, 2.75) is 22.3 Å². The Balaban J connectivity index is -0.00000000229. The fourth-order valence-corrected chi connectivity index (χ4v) is 0. The van der Waals surface area contributed by atoms with Gasteiger partial charge in [-0.05, 0) is 28.2 Å². The summed E-state index contributed by atoms with van der Waals surface area (Å²) in [6.07, 6.45) is 0. The molecule has 0 aromatic carbocycles. The average Bonchev–Trinajstić information content (AvgIpc) is 1.39. The van der Waals surface area contributed by atoms with Crippen LogP contribution in [0.25, 0.3) is 0 Å². The van der Waals surface area contributed by atoms with Crippen LogP contribution in [0.3, 0.4) is 0 Å². The third-order valence-electron chi connectivity index (χ3n) is 0. The summed E-state index contributed by atoms with van der Waals surface area (Å²) in [6, 6.07) is 0. The molecule has 0 radical (unpaired) electrons. The van der Waals surface area contributed by atoms with Crippen molar-refractivity contribution in [3.8, 4) is 0 Å². The van der Waals surface area contributed by atoms with Gasteiger partial charge in [0.1, 0.15) is 0 Å². The first kappa shape index (κ1) is 76.2. The molecule has 0 saturated heterocycles. The predicted octanol–water partition coefficient (Wildman–Crippen LogP) is 2.48. The SMILES string of the molecule is C.C.C.CNC.CNC.[CH3-].[CH3-].[Nd].[Nd]. The number of hydrogen-bond donors (Lipinski definition) is 2. The summed E-state index contributed by atoms with van der Waals surface area (Å²) in [5.74, 6) is 0. The molecule has 88 valence electrons. The summed E-state index contributed by atoms with van der Waals surface area (Å²) in [5.41, 5.74) is 0. The summed E-state index contributed by atoms with van der Waals surface area (Å²) in [6.45, 7) is 0. The fraction of sp³-hybridized carbons (Fsp3) is 0.778. The first-order valence-corrected chi connectivity index (χ1v) is 2.00. The van der Waals surface area contributed by atoms with Crippen molar-refractivity contribution in [3.05, 3.63) is 14.9 Å². The maximum atomic E-state index is 2.75. The molecule has 0 aromatic heterocycles. The van der Waals surface area contributed by atoms with Crippen LogP contribution in [0.4, 0.5) is 0 Å². The zero-order chi connectivity index (χ0) is 5.41. The van der Waals surface area contributed by atoms with Crippen molar-refractivity contribution in [2.75, 3.05) is 28.2 Å². The Bertz CT molecular complexity index is 17.6. The van der Waals surface area contributed by atoms with E-state index in [1.54, 1.807) is 0 Å². The second kappa shape index (κ2) is 127. The van der Waals surface area contributed by atoms with Gasteiger partial charge in [0.15, 0.2) is 0 Å². The number of rotatable bonds is 0. The van der Waals surface area contributed by atoms with Crippen LogP contribution in [0.1, 0.15) is 22.3 Å². The zero-order valence-electron chi connectivity index (χ0n) is 8.00. The van der Waals surface area contributed by atoms with Crippen molar-refractivity contribution in [1.82, 2.24) is 10.6 Å². The van der Waals surface area contributed by atoms with E-state index in [9.17, 15) is 0 Å². The second-order valence-electron chi connectivity index (χ2n) is 1.00. The standard InChI is InChI=1S/2C2H7N.3CH4.2CH3.2Nd/c2*1-3-2;;;;;;;/h2*3H,1-2H3;3*1H4;2*1H3;;/q;;;;;2*-1;;. The summed E-state index contributed by atoms with van der Waals surface area (Å²) < 4.78 is 0. The quantitative estimate of drug-likeness (QED) is 0.547. The van der Waals surface area contributed by atoms with Crippen LogP contribution in [0.15, 0.2) is 0 Å². The van der Waals surface area contributed by atoms with E-state index in [0.29, 0.717) is 0 Å². The van der Waals surface area contributed by atoms with Crippen molar-refractivity contribution < 1.29 is 81.7 Å². The van der Waals surface area contributed by atoms with Crippen LogP contribution in [-0.4, -0.2) is 28.2 Å². The Morgan fingerprint density at radius 3 is 0.538 bits per heavy atom. The maximum absolute atomic E-state index is 2.75. The molecule has 0 aliphatic carbocycles. The zero-order valence-corrected chi connectivity index (χ0v) is 14.4. The minimum absolute atomic E-state index is 0. The Morgan fingerprint density at radius 2 is 0.538 bits per heavy atom. The molecule has 0 bridgehead atoms. The smallest absolute Gasteiger partial charge is 0 e. The van der Waals surface area contributed by atoms with Gasteiger partial charge in [0.25, 0.3) is 0 Å². The molecule has 0 heterocycles. The Hall–Kier alpha value is 2.62. The predicted molar refractivity (Wildman–Crippen MR) is 63.0 cm³/mol. The van der Waals surface area contributed by atoms with Crippen LogP contribution in [0.5, 0.6) is 0 Å². The second-order valence-corrected chi connectivity index (χ2v) is 1.00. The van der Waals surface area contributed by atoms with Gasteiger partial charge < -0.3 is 25.5 Å². The minimum Gasteiger partial charge on any atom is -0.358 e. The molecule has 0 aliphatic rings. The largest absolute Gasteiger partial charge is 0.358 e. The molecule has 0 atom stereocenters. The van der Waals surface area contributed by atoms with Gasteiger partial charge in [-0.15, -0.1) is 0 Å². The van der Waals surface area contributed by atoms with Gasteiger partial charge >= 0.3 is 0 Å². The molecule has 0 spiro atoms. The molecule has 0 aromatic rings. The van der Waals surface area contributed by atoms with Gasteiger partial charge in [-0.3, -0.25) is 0 Å². The molecule has 2 N–H and O–H groups in total. The van der Waals surface area contributed by atoms with E-state index in [2.05, 4.69) is 10.6 Å². The molecule has 2 nitrogen and oxygen atoms in total. The normalized spacial score (nSPS) is 2.77. The van der Waals surface area contributed by atoms with Crippen LogP contribution in [0, 0.1) is 96.5 Å². The van der Waals surface area contributed by atoms with Gasteiger partial charge in [0.2, 0.25) is 0 Å². The van der Waals surface area contributed by atoms with Crippen molar-refractivity contribution >= 4 is 0 Å². The monoisotopic (exact) mass is 452 g/mol. The van der Waals surface area contributed by atoms with E-state index < -0.39 is 0 Å². The number of nitrogens with one attached hydrogen (secondary N) is 2. The minimum atomic E-state index is 0. The van der Waals surface area contributed by atoms with Crippen LogP contribution in [0.2, 0.25) is 0 Å². The molecule has 0 saturated carbocycles. The van der Waals surface area contributed by atoms with E-state index in [4.69, 9.17) is 0 Å². The van der Waals surface area contributed by atoms with Gasteiger partial charge in [0, 0.05) is 81.7 Å². The third-order valence-corrected chi connectivity index (χ3v) is 0. The molecule has 0 amide bonds. The molecular weight excluding hydrogens is 425 g/mol. The summed E-state index contributed by atoms with van der Waals surface area (Å²) in [5, 5.41) is 5.50. The van der Waals surface area contributed by atoms with E-state index in [-0.39, 0.29) is 119 Å². The van der Waals surface area contributed by atoms with Gasteiger partial charge in [-0.25, -0.2) is 0 Å². The summed E-state index contributed by atoms with van der Waals surface area (Å²) in [4.78, 5) is 0. The molecule has 13 heavy (non-hydrogen) atoms. The molecule has 4 heteroatoms. The Kier molecular flexibility index (Phi) is 744. The van der Waals surface area contributed by atoms with E-state index in [1.165, 1.54) is 0 Å². The van der Waals surface area contributed by atoms with Crippen LogP contribution >= 0.6 is 0 Å². The third kappa shape index (κ3) is 339. The van der Waals surface area contributed by atoms with Crippen molar-refractivity contribution in [3.63, 3.8) is 0 Å². The first-order chi connectivity index (χ1) is 2.83. The van der Waals surface area contributed by atoms with Gasteiger partial charge in [0.05, 0.1) is 0 Å². The van der Waals surface area contributed by atoms with Crippen LogP contribution in [-0.2, 0) is 0 Å². The number of hydrogen-bond acceptors (Lipinski definition) is 2. The molecule has 0 rings (SSSR count). The van der Waals surface area contributed by atoms with Gasteiger partial charge in [-0.2, -0.15) is 0 Å². The fourth-order valence-electron chi connectivity index (χ4n) is 0. The summed E-state index contributed by atoms with van der Waals surface area (Å²) >= 11 is 0. The summed E-state index contributed by atoms with van der Waals surface area (Å²) in [7, 11) is 7.50. The Labute approximate surface area is 155 Å².